The second-order valence-corrected chi connectivity index (χ2v) is 7.37. The summed E-state index contributed by atoms with van der Waals surface area (Å²) in [6.45, 7) is 5.73. The molecule has 1 heterocycles. The van der Waals surface area contributed by atoms with Gasteiger partial charge in [-0.1, -0.05) is 12.1 Å². The van der Waals surface area contributed by atoms with E-state index in [-0.39, 0.29) is 10.8 Å². The van der Waals surface area contributed by atoms with Crippen LogP contribution in [-0.4, -0.2) is 58.0 Å². The van der Waals surface area contributed by atoms with Crippen molar-refractivity contribution in [1.82, 2.24) is 15.5 Å². The Morgan fingerprint density at radius 3 is 2.70 bits per heavy atom. The molecule has 1 aliphatic rings. The number of piperazine rings is 1. The molecule has 0 radical (unpaired) electrons. The van der Waals surface area contributed by atoms with Gasteiger partial charge >= 0.3 is 0 Å². The first-order chi connectivity index (χ1) is 10.9. The van der Waals surface area contributed by atoms with Gasteiger partial charge in [0.05, 0.1) is 11.4 Å². The highest BCUT2D eigenvalue weighted by molar-refractivity contribution is 7.89. The van der Waals surface area contributed by atoms with Gasteiger partial charge in [-0.05, 0) is 31.0 Å². The van der Waals surface area contributed by atoms with Gasteiger partial charge in [-0.15, -0.1) is 0 Å². The van der Waals surface area contributed by atoms with E-state index in [0.717, 1.165) is 25.2 Å². The molecule has 1 amide bonds. The third-order valence-electron chi connectivity index (χ3n) is 3.97. The molecule has 1 aromatic rings. The molecule has 1 aliphatic heterocycles. The highest BCUT2D eigenvalue weighted by Gasteiger charge is 2.19. The Kier molecular flexibility index (Phi) is 6.11. The topological polar surface area (TPSA) is 105 Å². The minimum atomic E-state index is -3.66. The van der Waals surface area contributed by atoms with Crippen LogP contribution in [0, 0.1) is 0 Å². The number of carbonyl (C=O) groups excluding carboxylic acids is 1. The molecule has 0 unspecified atom stereocenters. The Morgan fingerprint density at radius 1 is 1.39 bits per heavy atom. The minimum Gasteiger partial charge on any atom is -0.355 e. The van der Waals surface area contributed by atoms with Crippen molar-refractivity contribution in [2.45, 2.75) is 24.3 Å². The maximum atomic E-state index is 12.0. The van der Waals surface area contributed by atoms with Crippen molar-refractivity contribution < 1.29 is 13.2 Å². The summed E-state index contributed by atoms with van der Waals surface area (Å²) in [4.78, 5) is 14.2. The summed E-state index contributed by atoms with van der Waals surface area (Å²) in [6.07, 6.45) is 0.647. The Balaban J connectivity index is 1.75. The molecule has 1 atom stereocenters. The first-order valence-corrected chi connectivity index (χ1v) is 9.24. The van der Waals surface area contributed by atoms with Crippen molar-refractivity contribution in [1.29, 1.82) is 0 Å². The predicted molar refractivity (Wildman–Crippen MR) is 88.4 cm³/mol. The number of nitrogens with two attached hydrogens (primary N) is 1. The zero-order chi connectivity index (χ0) is 16.9. The van der Waals surface area contributed by atoms with Crippen LogP contribution in [0.25, 0.3) is 0 Å². The maximum Gasteiger partial charge on any atom is 0.238 e. The van der Waals surface area contributed by atoms with Crippen LogP contribution < -0.4 is 15.8 Å². The van der Waals surface area contributed by atoms with Crippen molar-refractivity contribution in [2.24, 2.45) is 5.14 Å². The molecule has 128 valence electrons. The fraction of sp³-hybridized carbons (Fsp3) is 0.533. The van der Waals surface area contributed by atoms with Crippen LogP contribution in [0.15, 0.2) is 29.2 Å². The molecule has 0 bridgehead atoms. The van der Waals surface area contributed by atoms with Gasteiger partial charge in [-0.2, -0.15) is 0 Å². The lowest BCUT2D eigenvalue weighted by molar-refractivity contribution is -0.122. The summed E-state index contributed by atoms with van der Waals surface area (Å²) in [7, 11) is -3.66. The van der Waals surface area contributed by atoms with Crippen LogP contribution in [0.3, 0.4) is 0 Å². The molecule has 1 fully saturated rings. The number of carbonyl (C=O) groups is 1. The summed E-state index contributed by atoms with van der Waals surface area (Å²) in [6, 6.07) is 6.75. The van der Waals surface area contributed by atoms with Crippen LogP contribution in [0.1, 0.15) is 12.5 Å². The lowest BCUT2D eigenvalue weighted by Gasteiger charge is -2.33. The molecule has 1 aromatic carbocycles. The molecule has 8 heteroatoms. The second-order valence-electron chi connectivity index (χ2n) is 5.81. The smallest absolute Gasteiger partial charge is 0.238 e. The van der Waals surface area contributed by atoms with Gasteiger partial charge < -0.3 is 10.6 Å². The van der Waals surface area contributed by atoms with Crippen LogP contribution in [0.4, 0.5) is 0 Å². The zero-order valence-electron chi connectivity index (χ0n) is 13.3. The lowest BCUT2D eigenvalue weighted by atomic mass is 10.1. The number of rotatable bonds is 6. The number of nitrogens with zero attached hydrogens (tertiary/aromatic N) is 1. The molecular formula is C15H24N4O3S. The SMILES string of the molecule is C[C@@H]1CNCCN1CC(=O)NCCc1ccc(S(N)(=O)=O)cc1. The van der Waals surface area contributed by atoms with Gasteiger partial charge in [-0.3, -0.25) is 9.69 Å². The third kappa shape index (κ3) is 5.58. The van der Waals surface area contributed by atoms with Crippen LogP contribution in [0.2, 0.25) is 0 Å². The van der Waals surface area contributed by atoms with Gasteiger partial charge in [-0.25, -0.2) is 13.6 Å². The average molecular weight is 340 g/mol. The zero-order valence-corrected chi connectivity index (χ0v) is 14.1. The second kappa shape index (κ2) is 7.87. The molecule has 1 saturated heterocycles. The highest BCUT2D eigenvalue weighted by atomic mass is 32.2. The van der Waals surface area contributed by atoms with Crippen LogP contribution >= 0.6 is 0 Å². The minimum absolute atomic E-state index is 0.0138. The molecular weight excluding hydrogens is 316 g/mol. The first kappa shape index (κ1) is 17.9. The van der Waals surface area contributed by atoms with Gasteiger partial charge in [0.1, 0.15) is 0 Å². The molecule has 0 aromatic heterocycles. The maximum absolute atomic E-state index is 12.0. The van der Waals surface area contributed by atoms with E-state index in [9.17, 15) is 13.2 Å². The fourth-order valence-electron chi connectivity index (χ4n) is 2.55. The number of sulfonamides is 1. The summed E-state index contributed by atoms with van der Waals surface area (Å²) >= 11 is 0. The number of primary sulfonamides is 1. The van der Waals surface area contributed by atoms with Gasteiger partial charge in [0.2, 0.25) is 15.9 Å². The third-order valence-corrected chi connectivity index (χ3v) is 4.90. The quantitative estimate of drug-likeness (QED) is 0.634. The Hall–Kier alpha value is -1.48. The van der Waals surface area contributed by atoms with Crippen molar-refractivity contribution in [3.8, 4) is 0 Å². The molecule has 4 N–H and O–H groups in total. The number of nitrogens with one attached hydrogen (secondary N) is 2. The Labute approximate surface area is 137 Å². The molecule has 7 nitrogen and oxygen atoms in total. The number of amides is 1. The molecule has 0 aliphatic carbocycles. The van der Waals surface area contributed by atoms with Crippen LogP contribution in [-0.2, 0) is 21.2 Å². The Bertz CT molecular complexity index is 631. The molecule has 23 heavy (non-hydrogen) atoms. The summed E-state index contributed by atoms with van der Waals surface area (Å²) < 4.78 is 22.3. The summed E-state index contributed by atoms with van der Waals surface area (Å²) in [5.74, 6) is 0.0138. The van der Waals surface area contributed by atoms with E-state index in [0.29, 0.717) is 25.6 Å². The number of hydrogen-bond donors (Lipinski definition) is 3. The molecule has 0 spiro atoms. The van der Waals surface area contributed by atoms with E-state index in [1.807, 2.05) is 0 Å². The predicted octanol–water partition coefficient (Wildman–Crippen LogP) is -0.714. The first-order valence-electron chi connectivity index (χ1n) is 7.69. The van der Waals surface area contributed by atoms with Gasteiger partial charge in [0.15, 0.2) is 0 Å². The molecule has 0 saturated carbocycles. The van der Waals surface area contributed by atoms with E-state index in [4.69, 9.17) is 5.14 Å². The van der Waals surface area contributed by atoms with Crippen molar-refractivity contribution in [3.63, 3.8) is 0 Å². The van der Waals surface area contributed by atoms with E-state index >= 15 is 0 Å². The number of hydrogen-bond acceptors (Lipinski definition) is 5. The van der Waals surface area contributed by atoms with E-state index < -0.39 is 10.0 Å². The Morgan fingerprint density at radius 2 is 2.09 bits per heavy atom. The van der Waals surface area contributed by atoms with Crippen molar-refractivity contribution in [3.05, 3.63) is 29.8 Å². The summed E-state index contributed by atoms with van der Waals surface area (Å²) in [5, 5.41) is 11.2. The normalized spacial score (nSPS) is 19.5. The van der Waals surface area contributed by atoms with E-state index in [1.165, 1.54) is 12.1 Å². The largest absolute Gasteiger partial charge is 0.355 e. The lowest BCUT2D eigenvalue weighted by Crippen LogP contribution is -2.52. The summed E-state index contributed by atoms with van der Waals surface area (Å²) in [5.41, 5.74) is 0.952. The van der Waals surface area contributed by atoms with Crippen molar-refractivity contribution in [2.75, 3.05) is 32.7 Å². The monoisotopic (exact) mass is 340 g/mol. The van der Waals surface area contributed by atoms with E-state index in [1.54, 1.807) is 12.1 Å². The fourth-order valence-corrected chi connectivity index (χ4v) is 3.07. The molecule has 2 rings (SSSR count). The van der Waals surface area contributed by atoms with Crippen LogP contribution in [0.5, 0.6) is 0 Å². The van der Waals surface area contributed by atoms with E-state index in [2.05, 4.69) is 22.5 Å². The standard InChI is InChI=1S/C15H24N4O3S/c1-12-10-17-8-9-19(12)11-15(20)18-7-6-13-2-4-14(5-3-13)23(16,21)22/h2-5,12,17H,6-11H2,1H3,(H,18,20)(H2,16,21,22)/t12-/m1/s1. The van der Waals surface area contributed by atoms with Crippen molar-refractivity contribution >= 4 is 15.9 Å². The highest BCUT2D eigenvalue weighted by Crippen LogP contribution is 2.09. The van der Waals surface area contributed by atoms with Gasteiger partial charge in [0.25, 0.3) is 0 Å². The average Bonchev–Trinajstić information content (AvgIpc) is 2.49. The van der Waals surface area contributed by atoms with Gasteiger partial charge in [0, 0.05) is 32.2 Å². The number of benzene rings is 1.